The van der Waals surface area contributed by atoms with Crippen LogP contribution in [0.15, 0.2) is 53.8 Å². The fraction of sp³-hybridized carbons (Fsp3) is 0.133. The summed E-state index contributed by atoms with van der Waals surface area (Å²) < 4.78 is 1.70. The number of aryl methyl sites for hydroxylation is 1. The summed E-state index contributed by atoms with van der Waals surface area (Å²) in [6.45, 7) is 2.11. The first-order valence-corrected chi connectivity index (χ1v) is 6.23. The van der Waals surface area contributed by atoms with E-state index in [0.29, 0.717) is 11.5 Å². The minimum Gasteiger partial charge on any atom is -0.281 e. The van der Waals surface area contributed by atoms with Crippen molar-refractivity contribution >= 4 is 11.5 Å². The summed E-state index contributed by atoms with van der Waals surface area (Å²) in [5.41, 5.74) is 3.53. The topological polar surface area (TPSA) is 46.7 Å². The van der Waals surface area contributed by atoms with Gasteiger partial charge in [0.05, 0.1) is 0 Å². The van der Waals surface area contributed by atoms with Gasteiger partial charge < -0.3 is 0 Å². The lowest BCUT2D eigenvalue weighted by Crippen LogP contribution is -1.82. The van der Waals surface area contributed by atoms with Crippen molar-refractivity contribution in [1.82, 2.24) is 9.38 Å². The first-order chi connectivity index (χ1) is 9.33. The number of nitroso groups, excluding NO2 is 1. The van der Waals surface area contributed by atoms with Gasteiger partial charge in [0.2, 0.25) is 5.82 Å². The first kappa shape index (κ1) is 11.6. The maximum atomic E-state index is 11.1. The number of fused-ring (bicyclic) bond motifs is 1. The molecule has 19 heavy (non-hydrogen) atoms. The van der Waals surface area contributed by atoms with Crippen molar-refractivity contribution in [1.29, 1.82) is 0 Å². The van der Waals surface area contributed by atoms with Gasteiger partial charge in [-0.1, -0.05) is 37.3 Å². The maximum absolute atomic E-state index is 11.1. The Bertz CT molecular complexity index is 729. The van der Waals surface area contributed by atoms with Crippen LogP contribution in [0.3, 0.4) is 0 Å². The molecule has 0 aliphatic rings. The fourth-order valence-electron chi connectivity index (χ4n) is 2.16. The number of nitrogens with zero attached hydrogens (tertiary/aromatic N) is 3. The summed E-state index contributed by atoms with van der Waals surface area (Å²) >= 11 is 0. The van der Waals surface area contributed by atoms with Crippen molar-refractivity contribution in [2.75, 3.05) is 0 Å². The normalized spacial score (nSPS) is 10.8. The maximum Gasteiger partial charge on any atom is 0.209 e. The van der Waals surface area contributed by atoms with E-state index >= 15 is 0 Å². The Kier molecular flexibility index (Phi) is 2.83. The lowest BCUT2D eigenvalue weighted by Gasteiger charge is -2.00. The monoisotopic (exact) mass is 251 g/mol. The van der Waals surface area contributed by atoms with E-state index in [-0.39, 0.29) is 0 Å². The zero-order valence-electron chi connectivity index (χ0n) is 10.6. The van der Waals surface area contributed by atoms with Gasteiger partial charge in [0, 0.05) is 11.8 Å². The van der Waals surface area contributed by atoms with Gasteiger partial charge in [-0.05, 0) is 29.3 Å². The second-order valence-electron chi connectivity index (χ2n) is 4.35. The summed E-state index contributed by atoms with van der Waals surface area (Å²) in [5, 5.41) is 3.13. The molecule has 3 aromatic rings. The molecule has 4 nitrogen and oxygen atoms in total. The van der Waals surface area contributed by atoms with Crippen LogP contribution in [-0.2, 0) is 6.42 Å². The highest BCUT2D eigenvalue weighted by atomic mass is 16.3. The van der Waals surface area contributed by atoms with E-state index in [1.54, 1.807) is 10.6 Å². The molecule has 0 spiro atoms. The predicted molar refractivity (Wildman–Crippen MR) is 75.5 cm³/mol. The number of benzene rings is 1. The van der Waals surface area contributed by atoms with Crippen LogP contribution in [-0.4, -0.2) is 9.38 Å². The third kappa shape index (κ3) is 1.91. The van der Waals surface area contributed by atoms with Crippen LogP contribution in [0.1, 0.15) is 12.5 Å². The smallest absolute Gasteiger partial charge is 0.209 e. The molecule has 94 valence electrons. The molecule has 2 heterocycles. The van der Waals surface area contributed by atoms with Gasteiger partial charge >= 0.3 is 0 Å². The molecule has 0 N–H and O–H groups in total. The van der Waals surface area contributed by atoms with Gasteiger partial charge in [-0.3, -0.25) is 4.40 Å². The molecule has 0 amide bonds. The Hall–Kier alpha value is -2.49. The second kappa shape index (κ2) is 4.65. The van der Waals surface area contributed by atoms with Gasteiger partial charge in [0.15, 0.2) is 0 Å². The third-order valence-corrected chi connectivity index (χ3v) is 3.23. The average molecular weight is 251 g/mol. The number of pyridine rings is 1. The molecule has 2 aromatic heterocycles. The Balaban J connectivity index is 2.20. The Morgan fingerprint density at radius 2 is 1.95 bits per heavy atom. The van der Waals surface area contributed by atoms with Gasteiger partial charge in [-0.2, -0.15) is 0 Å². The lowest BCUT2D eigenvalue weighted by molar-refractivity contribution is 1.14. The summed E-state index contributed by atoms with van der Waals surface area (Å²) in [6.07, 6.45) is 2.78. The van der Waals surface area contributed by atoms with Crippen LogP contribution in [0.5, 0.6) is 0 Å². The van der Waals surface area contributed by atoms with Crippen molar-refractivity contribution in [3.63, 3.8) is 0 Å². The first-order valence-electron chi connectivity index (χ1n) is 6.23. The summed E-state index contributed by atoms with van der Waals surface area (Å²) in [5.74, 6) is 0.347. The van der Waals surface area contributed by atoms with Crippen LogP contribution < -0.4 is 0 Å². The molecule has 0 atom stereocenters. The van der Waals surface area contributed by atoms with Crippen molar-refractivity contribution in [3.8, 4) is 11.3 Å². The Labute approximate surface area is 110 Å². The zero-order chi connectivity index (χ0) is 13.2. The van der Waals surface area contributed by atoms with Crippen molar-refractivity contribution in [2.45, 2.75) is 13.3 Å². The molecule has 0 unspecified atom stereocenters. The number of aromatic nitrogens is 2. The molecule has 0 aliphatic carbocycles. The van der Waals surface area contributed by atoms with Crippen LogP contribution >= 0.6 is 0 Å². The molecular formula is C15H13N3O. The highest BCUT2D eigenvalue weighted by molar-refractivity contribution is 5.74. The molecule has 0 radical (unpaired) electrons. The van der Waals surface area contributed by atoms with E-state index in [4.69, 9.17) is 0 Å². The van der Waals surface area contributed by atoms with Gasteiger partial charge in [-0.15, -0.1) is 4.91 Å². The van der Waals surface area contributed by atoms with E-state index in [2.05, 4.69) is 17.1 Å². The standard InChI is InChI=1S/C15H13N3O/c1-2-11-6-8-12(9-7-11)14-15(17-19)18-10-4-3-5-13(18)16-14/h3-10H,2H2,1H3. The molecular weight excluding hydrogens is 238 g/mol. The summed E-state index contributed by atoms with van der Waals surface area (Å²) in [4.78, 5) is 15.6. The van der Waals surface area contributed by atoms with Crippen LogP contribution in [0.2, 0.25) is 0 Å². The fourth-order valence-corrected chi connectivity index (χ4v) is 2.16. The van der Waals surface area contributed by atoms with Gasteiger partial charge in [-0.25, -0.2) is 4.98 Å². The number of hydrogen-bond donors (Lipinski definition) is 0. The number of imidazole rings is 1. The molecule has 0 aliphatic heterocycles. The molecule has 0 bridgehead atoms. The molecule has 1 aromatic carbocycles. The van der Waals surface area contributed by atoms with E-state index < -0.39 is 0 Å². The lowest BCUT2D eigenvalue weighted by atomic mass is 10.1. The van der Waals surface area contributed by atoms with Crippen LogP contribution in [0, 0.1) is 4.91 Å². The van der Waals surface area contributed by atoms with E-state index in [1.165, 1.54) is 5.56 Å². The van der Waals surface area contributed by atoms with Gasteiger partial charge in [0.25, 0.3) is 0 Å². The van der Waals surface area contributed by atoms with Crippen molar-refractivity contribution in [3.05, 3.63) is 59.1 Å². The van der Waals surface area contributed by atoms with Crippen molar-refractivity contribution < 1.29 is 0 Å². The minimum atomic E-state index is 0.347. The largest absolute Gasteiger partial charge is 0.281 e. The minimum absolute atomic E-state index is 0.347. The molecule has 0 saturated heterocycles. The van der Waals surface area contributed by atoms with E-state index in [9.17, 15) is 4.91 Å². The molecule has 3 rings (SSSR count). The molecule has 0 fully saturated rings. The summed E-state index contributed by atoms with van der Waals surface area (Å²) in [7, 11) is 0. The number of rotatable bonds is 3. The van der Waals surface area contributed by atoms with Crippen molar-refractivity contribution in [2.24, 2.45) is 5.18 Å². The second-order valence-corrected chi connectivity index (χ2v) is 4.35. The molecule has 4 heteroatoms. The van der Waals surface area contributed by atoms with Crippen LogP contribution in [0.4, 0.5) is 5.82 Å². The quantitative estimate of drug-likeness (QED) is 0.661. The van der Waals surface area contributed by atoms with E-state index in [1.807, 2.05) is 42.5 Å². The van der Waals surface area contributed by atoms with Gasteiger partial charge in [0.1, 0.15) is 11.3 Å². The SMILES string of the molecule is CCc1ccc(-c2nc3ccccn3c2N=O)cc1. The Morgan fingerprint density at radius 3 is 2.63 bits per heavy atom. The average Bonchev–Trinajstić information content (AvgIpc) is 2.85. The highest BCUT2D eigenvalue weighted by Crippen LogP contribution is 2.30. The third-order valence-electron chi connectivity index (χ3n) is 3.23. The number of hydrogen-bond acceptors (Lipinski definition) is 3. The zero-order valence-corrected chi connectivity index (χ0v) is 10.6. The Morgan fingerprint density at radius 1 is 1.16 bits per heavy atom. The van der Waals surface area contributed by atoms with Crippen LogP contribution in [0.25, 0.3) is 16.9 Å². The highest BCUT2D eigenvalue weighted by Gasteiger charge is 2.14. The molecule has 0 saturated carbocycles. The summed E-state index contributed by atoms with van der Waals surface area (Å²) in [6, 6.07) is 13.7. The van der Waals surface area contributed by atoms with E-state index in [0.717, 1.165) is 17.6 Å². The predicted octanol–water partition coefficient (Wildman–Crippen LogP) is 3.96.